The lowest BCUT2D eigenvalue weighted by Gasteiger charge is -2.26. The van der Waals surface area contributed by atoms with Gasteiger partial charge in [-0.1, -0.05) is 70.7 Å². The predicted octanol–water partition coefficient (Wildman–Crippen LogP) is 6.30. The number of carboxylic acids is 1. The Balaban J connectivity index is 1.77. The second kappa shape index (κ2) is 9.92. The Bertz CT molecular complexity index is 1360. The summed E-state index contributed by atoms with van der Waals surface area (Å²) in [6.45, 7) is 4.02. The van der Waals surface area contributed by atoms with Gasteiger partial charge in [0.05, 0.1) is 10.6 Å². The molecule has 2 unspecified atom stereocenters. The van der Waals surface area contributed by atoms with Crippen molar-refractivity contribution in [3.05, 3.63) is 105 Å². The van der Waals surface area contributed by atoms with Gasteiger partial charge in [-0.2, -0.15) is 0 Å². The van der Waals surface area contributed by atoms with Crippen molar-refractivity contribution in [2.75, 3.05) is 0 Å². The summed E-state index contributed by atoms with van der Waals surface area (Å²) in [4.78, 5) is 28.8. The summed E-state index contributed by atoms with van der Waals surface area (Å²) in [7, 11) is 0. The molecule has 0 saturated heterocycles. The van der Waals surface area contributed by atoms with Gasteiger partial charge in [0, 0.05) is 28.0 Å². The maximum atomic E-state index is 13.1. The topological polar surface area (TPSA) is 82.2 Å². The van der Waals surface area contributed by atoms with E-state index in [9.17, 15) is 14.7 Å². The first-order valence-corrected chi connectivity index (χ1v) is 11.6. The van der Waals surface area contributed by atoms with Crippen LogP contribution in [-0.4, -0.2) is 28.0 Å². The van der Waals surface area contributed by atoms with Crippen LogP contribution in [-0.2, 0) is 11.2 Å². The molecule has 3 aromatic carbocycles. The van der Waals surface area contributed by atoms with Crippen molar-refractivity contribution in [1.82, 2.24) is 10.3 Å². The summed E-state index contributed by atoms with van der Waals surface area (Å²) in [5.41, 5.74) is 5.08. The van der Waals surface area contributed by atoms with Gasteiger partial charge < -0.3 is 15.4 Å². The third kappa shape index (κ3) is 5.11. The lowest BCUT2D eigenvalue weighted by molar-refractivity contribution is -0.139. The number of aromatic amines is 1. The normalized spacial score (nSPS) is 12.9. The van der Waals surface area contributed by atoms with Crippen molar-refractivity contribution in [1.29, 1.82) is 0 Å². The SMILES string of the molecule is Cc1cc(C)cc(CC(c2c[nH]c3ccccc23)C(NC(=O)c2ccc(Cl)cc2Cl)C(=O)O)c1. The van der Waals surface area contributed by atoms with Gasteiger partial charge in [0.1, 0.15) is 6.04 Å². The van der Waals surface area contributed by atoms with Crippen LogP contribution in [0.15, 0.2) is 66.9 Å². The number of aryl methyl sites for hydroxylation is 2. The fourth-order valence-corrected chi connectivity index (χ4v) is 4.97. The standard InChI is InChI=1S/C27H24Cl2N2O3/c1-15-9-16(2)11-17(10-15)12-21(22-14-30-24-6-4-3-5-19(22)24)25(27(33)34)31-26(32)20-8-7-18(28)13-23(20)29/h3-11,13-14,21,25,30H,12H2,1-2H3,(H,31,32)(H,33,34). The quantitative estimate of drug-likeness (QED) is 0.281. The first kappa shape index (κ1) is 23.9. The maximum Gasteiger partial charge on any atom is 0.326 e. The lowest BCUT2D eigenvalue weighted by atomic mass is 9.84. The van der Waals surface area contributed by atoms with Crippen LogP contribution in [0.4, 0.5) is 0 Å². The number of nitrogens with one attached hydrogen (secondary N) is 2. The molecule has 0 aliphatic heterocycles. The summed E-state index contributed by atoms with van der Waals surface area (Å²) < 4.78 is 0. The molecule has 1 heterocycles. The van der Waals surface area contributed by atoms with E-state index < -0.39 is 23.8 Å². The van der Waals surface area contributed by atoms with Crippen LogP contribution in [0.5, 0.6) is 0 Å². The third-order valence-corrected chi connectivity index (χ3v) is 6.44. The highest BCUT2D eigenvalue weighted by Gasteiger charge is 2.33. The molecule has 0 saturated carbocycles. The van der Waals surface area contributed by atoms with Gasteiger partial charge in [0.15, 0.2) is 0 Å². The zero-order chi connectivity index (χ0) is 24.4. The van der Waals surface area contributed by atoms with Gasteiger partial charge >= 0.3 is 5.97 Å². The van der Waals surface area contributed by atoms with Gasteiger partial charge in [-0.25, -0.2) is 4.79 Å². The highest BCUT2D eigenvalue weighted by Crippen LogP contribution is 2.32. The van der Waals surface area contributed by atoms with Gasteiger partial charge in [-0.3, -0.25) is 4.79 Å². The summed E-state index contributed by atoms with van der Waals surface area (Å²) in [6, 6.07) is 17.2. The maximum absolute atomic E-state index is 13.1. The number of halogens is 2. The third-order valence-electron chi connectivity index (χ3n) is 5.89. The fraction of sp³-hybridized carbons (Fsp3) is 0.185. The lowest BCUT2D eigenvalue weighted by Crippen LogP contribution is -2.45. The van der Waals surface area contributed by atoms with Crippen LogP contribution in [0.2, 0.25) is 10.0 Å². The average Bonchev–Trinajstić information content (AvgIpc) is 3.19. The molecule has 0 spiro atoms. The molecule has 3 N–H and O–H groups in total. The molecular formula is C27H24Cl2N2O3. The smallest absolute Gasteiger partial charge is 0.326 e. The fourth-order valence-electron chi connectivity index (χ4n) is 4.48. The number of carboxylic acid groups (broad SMARTS) is 1. The number of carbonyl (C=O) groups is 2. The van der Waals surface area contributed by atoms with E-state index in [2.05, 4.69) is 16.4 Å². The number of H-pyrrole nitrogens is 1. The number of amides is 1. The molecule has 2 atom stereocenters. The Labute approximate surface area is 207 Å². The minimum Gasteiger partial charge on any atom is -0.480 e. The molecule has 174 valence electrons. The van der Waals surface area contributed by atoms with E-state index >= 15 is 0 Å². The number of carbonyl (C=O) groups excluding carboxylic acids is 1. The largest absolute Gasteiger partial charge is 0.480 e. The number of hydrogen-bond donors (Lipinski definition) is 3. The monoisotopic (exact) mass is 494 g/mol. The summed E-state index contributed by atoms with van der Waals surface area (Å²) >= 11 is 12.2. The Morgan fingerprint density at radius 1 is 1.00 bits per heavy atom. The van der Waals surface area contributed by atoms with E-state index in [1.807, 2.05) is 56.4 Å². The van der Waals surface area contributed by atoms with Crippen molar-refractivity contribution in [3.8, 4) is 0 Å². The van der Waals surface area contributed by atoms with E-state index in [0.29, 0.717) is 11.4 Å². The van der Waals surface area contributed by atoms with E-state index in [4.69, 9.17) is 23.2 Å². The zero-order valence-corrected chi connectivity index (χ0v) is 20.2. The number of rotatable bonds is 7. The molecule has 1 amide bonds. The van der Waals surface area contributed by atoms with Crippen molar-refractivity contribution in [2.24, 2.45) is 0 Å². The first-order valence-electron chi connectivity index (χ1n) is 10.8. The second-order valence-electron chi connectivity index (χ2n) is 8.51. The first-order chi connectivity index (χ1) is 16.2. The van der Waals surface area contributed by atoms with Gasteiger partial charge in [0.25, 0.3) is 5.91 Å². The molecule has 0 radical (unpaired) electrons. The highest BCUT2D eigenvalue weighted by atomic mass is 35.5. The van der Waals surface area contributed by atoms with Crippen LogP contribution in [0.1, 0.15) is 38.5 Å². The Hall–Kier alpha value is -3.28. The van der Waals surface area contributed by atoms with E-state index in [1.54, 1.807) is 6.07 Å². The summed E-state index contributed by atoms with van der Waals surface area (Å²) in [5, 5.41) is 14.4. The molecule has 4 aromatic rings. The van der Waals surface area contributed by atoms with Gasteiger partial charge in [0.2, 0.25) is 0 Å². The molecule has 0 fully saturated rings. The zero-order valence-electron chi connectivity index (χ0n) is 18.7. The summed E-state index contributed by atoms with van der Waals surface area (Å²) in [5.74, 6) is -2.23. The Morgan fingerprint density at radius 3 is 2.38 bits per heavy atom. The van der Waals surface area contributed by atoms with Crippen LogP contribution in [0.25, 0.3) is 10.9 Å². The number of hydrogen-bond acceptors (Lipinski definition) is 2. The van der Waals surface area contributed by atoms with Gasteiger partial charge in [-0.15, -0.1) is 0 Å². The molecule has 0 aliphatic rings. The Morgan fingerprint density at radius 2 is 1.71 bits per heavy atom. The molecule has 5 nitrogen and oxygen atoms in total. The molecule has 0 aliphatic carbocycles. The van der Waals surface area contributed by atoms with Crippen molar-refractivity contribution in [3.63, 3.8) is 0 Å². The molecule has 7 heteroatoms. The van der Waals surface area contributed by atoms with E-state index in [-0.39, 0.29) is 10.6 Å². The molecular weight excluding hydrogens is 471 g/mol. The highest BCUT2D eigenvalue weighted by molar-refractivity contribution is 6.36. The van der Waals surface area contributed by atoms with Gasteiger partial charge in [-0.05, 0) is 55.7 Å². The van der Waals surface area contributed by atoms with Crippen molar-refractivity contribution >= 4 is 46.0 Å². The molecule has 4 rings (SSSR count). The molecule has 0 bridgehead atoms. The molecule has 1 aromatic heterocycles. The number of fused-ring (bicyclic) bond motifs is 1. The van der Waals surface area contributed by atoms with Crippen LogP contribution in [0, 0.1) is 13.8 Å². The average molecular weight is 495 g/mol. The predicted molar refractivity (Wildman–Crippen MR) is 136 cm³/mol. The van der Waals surface area contributed by atoms with E-state index in [0.717, 1.165) is 33.2 Å². The molecule has 34 heavy (non-hydrogen) atoms. The number of aromatic nitrogens is 1. The number of aliphatic carboxylic acids is 1. The van der Waals surface area contributed by atoms with Crippen LogP contribution >= 0.6 is 23.2 Å². The number of benzene rings is 3. The number of para-hydroxylation sites is 1. The van der Waals surface area contributed by atoms with Crippen molar-refractivity contribution < 1.29 is 14.7 Å². The van der Waals surface area contributed by atoms with Crippen LogP contribution < -0.4 is 5.32 Å². The minimum atomic E-state index is -1.20. The minimum absolute atomic E-state index is 0.159. The summed E-state index contributed by atoms with van der Waals surface area (Å²) in [6.07, 6.45) is 2.26. The second-order valence-corrected chi connectivity index (χ2v) is 9.35. The van der Waals surface area contributed by atoms with Crippen molar-refractivity contribution in [2.45, 2.75) is 32.2 Å². The Kier molecular flexibility index (Phi) is 6.96. The van der Waals surface area contributed by atoms with Crippen LogP contribution in [0.3, 0.4) is 0 Å². The van der Waals surface area contributed by atoms with E-state index in [1.165, 1.54) is 12.1 Å².